The molecule has 52 heavy (non-hydrogen) atoms. The molecule has 0 aromatic heterocycles. The summed E-state index contributed by atoms with van der Waals surface area (Å²) in [7, 11) is -16.2. The third kappa shape index (κ3) is 8.08. The Balaban J connectivity index is 2.23. The molecule has 1 N–H and O–H groups in total. The molecule has 0 bridgehead atoms. The largest absolute Gasteiger partial charge is 0.504 e. The normalized spacial score (nSPS) is 24.5. The Morgan fingerprint density at radius 3 is 0.885 bits per heavy atom. The fourth-order valence-corrected chi connectivity index (χ4v) is 36.6. The SMILES string of the molecule is CC(C)(C)N1B(F)N(C(C)(C)C)B(N[Si](C)(C)N2[Si](C)(C)N(B3N(C(C)(C)C)B(F)N(C(C)(C)C)B(F)N3C(C)(C)C)[Si]2(C)C)N(C(C)(C)C)B1F. The maximum atomic E-state index is 17.2. The summed E-state index contributed by atoms with van der Waals surface area (Å²) in [5.41, 5.74) is -4.18. The average Bonchev–Trinajstić information content (AvgIpc) is 2.76. The van der Waals surface area contributed by atoms with E-state index >= 15 is 17.3 Å². The Morgan fingerprint density at radius 2 is 0.654 bits per heavy atom. The van der Waals surface area contributed by atoms with Crippen LogP contribution in [0.3, 0.4) is 0 Å². The van der Waals surface area contributed by atoms with Gasteiger partial charge in [0, 0.05) is 0 Å². The number of rotatable bonds is 4. The zero-order chi connectivity index (χ0) is 41.3. The molecule has 0 aromatic carbocycles. The third-order valence-electron chi connectivity index (χ3n) is 11.1. The third-order valence-corrected chi connectivity index (χ3v) is 31.3. The molecule has 3 rings (SSSR count). The van der Waals surface area contributed by atoms with Gasteiger partial charge in [-0.25, -0.2) is 0 Å². The van der Waals surface area contributed by atoms with Gasteiger partial charge in [-0.05, 0) is 197 Å². The Labute approximate surface area is 323 Å². The van der Waals surface area contributed by atoms with Crippen LogP contribution in [0, 0.1) is 0 Å². The van der Waals surface area contributed by atoms with E-state index in [1.807, 2.05) is 134 Å². The van der Waals surface area contributed by atoms with Gasteiger partial charge in [0.2, 0.25) is 0 Å². The van der Waals surface area contributed by atoms with Gasteiger partial charge in [-0.15, -0.1) is 0 Å². The van der Waals surface area contributed by atoms with Crippen LogP contribution in [0.2, 0.25) is 39.3 Å². The van der Waals surface area contributed by atoms with Crippen molar-refractivity contribution in [2.75, 3.05) is 0 Å². The van der Waals surface area contributed by atoms with Crippen LogP contribution in [0.5, 0.6) is 0 Å². The highest BCUT2D eigenvalue weighted by molar-refractivity contribution is 7.19. The minimum Gasteiger partial charge on any atom is -0.340 e. The molecule has 0 atom stereocenters. The number of hydrogen-bond acceptors (Lipinski definition) is 9. The summed E-state index contributed by atoms with van der Waals surface area (Å²) in [5, 5.41) is 0. The zero-order valence-corrected chi connectivity index (χ0v) is 40.6. The van der Waals surface area contributed by atoms with Crippen LogP contribution in [0.25, 0.3) is 0 Å². The van der Waals surface area contributed by atoms with E-state index in [0.717, 1.165) is 0 Å². The monoisotopic (exact) mass is 786 g/mol. The summed E-state index contributed by atoms with van der Waals surface area (Å²) in [6.45, 7) is 48.8. The molecular formula is C30H73B6F4N9Si3. The van der Waals surface area contributed by atoms with Crippen LogP contribution in [0.15, 0.2) is 0 Å². The number of nitrogens with zero attached hydrogens (tertiary/aromatic N) is 8. The number of hydrogen-bond donors (Lipinski definition) is 1. The maximum absolute atomic E-state index is 17.2. The highest BCUT2D eigenvalue weighted by Crippen LogP contribution is 2.48. The van der Waals surface area contributed by atoms with E-state index in [0.29, 0.717) is 0 Å². The Bertz CT molecular complexity index is 1220. The molecule has 3 aliphatic rings. The first kappa shape index (κ1) is 46.8. The summed E-state index contributed by atoms with van der Waals surface area (Å²) in [6, 6.07) is 0. The van der Waals surface area contributed by atoms with Crippen molar-refractivity contribution in [3.05, 3.63) is 0 Å². The zero-order valence-electron chi connectivity index (χ0n) is 37.6. The molecule has 9 nitrogen and oxygen atoms in total. The molecule has 0 spiro atoms. The van der Waals surface area contributed by atoms with E-state index in [1.165, 1.54) is 9.44 Å². The lowest BCUT2D eigenvalue weighted by molar-refractivity contribution is 0.177. The second kappa shape index (κ2) is 13.8. The first-order valence-corrected chi connectivity index (χ1v) is 28.0. The summed E-state index contributed by atoms with van der Waals surface area (Å²) >= 11 is 0. The molecule has 0 unspecified atom stereocenters. The molecule has 0 aromatic rings. The van der Waals surface area contributed by atoms with E-state index in [4.69, 9.17) is 0 Å². The smallest absolute Gasteiger partial charge is 0.340 e. The van der Waals surface area contributed by atoms with Crippen molar-refractivity contribution >= 4 is 68.5 Å². The van der Waals surface area contributed by atoms with Crippen molar-refractivity contribution in [3.63, 3.8) is 0 Å². The van der Waals surface area contributed by atoms with Gasteiger partial charge in [-0.3, -0.25) is 26.7 Å². The second-order valence-electron chi connectivity index (χ2n) is 22.8. The molecule has 3 saturated heterocycles. The number of halogens is 4. The van der Waals surface area contributed by atoms with Gasteiger partial charge in [0.05, 0.1) is 0 Å². The Morgan fingerprint density at radius 1 is 0.423 bits per heavy atom. The molecule has 0 aliphatic carbocycles. The van der Waals surface area contributed by atoms with Gasteiger partial charge in [0.15, 0.2) is 25.2 Å². The number of nitrogens with one attached hydrogen (secondary N) is 1. The summed E-state index contributed by atoms with van der Waals surface area (Å²) < 4.78 is 83.7. The fourth-order valence-electron chi connectivity index (χ4n) is 9.65. The van der Waals surface area contributed by atoms with Gasteiger partial charge in [-0.1, -0.05) is 0 Å². The Hall–Kier alpha value is 0.400. The molecule has 296 valence electrons. The summed E-state index contributed by atoms with van der Waals surface area (Å²) in [4.78, 5) is 3.97. The van der Waals surface area contributed by atoms with E-state index in [9.17, 15) is 0 Å². The molecule has 3 heterocycles. The van der Waals surface area contributed by atoms with Gasteiger partial charge in [0.25, 0.3) is 0 Å². The topological polar surface area (TPSA) is 38.0 Å². The van der Waals surface area contributed by atoms with Crippen molar-refractivity contribution in [1.82, 2.24) is 41.3 Å². The minimum atomic E-state index is -2.77. The molecular weight excluding hydrogens is 712 g/mol. The van der Waals surface area contributed by atoms with Crippen molar-refractivity contribution in [1.29, 1.82) is 0 Å². The predicted octanol–water partition coefficient (Wildman–Crippen LogP) is 6.72. The van der Waals surface area contributed by atoms with Gasteiger partial charge in [-0.2, -0.15) is 0 Å². The van der Waals surface area contributed by atoms with Crippen molar-refractivity contribution in [2.24, 2.45) is 0 Å². The first-order valence-electron chi connectivity index (χ1n) is 19.2. The predicted molar refractivity (Wildman–Crippen MR) is 228 cm³/mol. The van der Waals surface area contributed by atoms with Crippen LogP contribution in [0.4, 0.5) is 17.3 Å². The summed E-state index contributed by atoms with van der Waals surface area (Å²) in [5.74, 6) is 0. The lowest BCUT2D eigenvalue weighted by atomic mass is 9.56. The Kier molecular flexibility index (Phi) is 12.4. The van der Waals surface area contributed by atoms with Crippen LogP contribution in [-0.2, 0) is 0 Å². The van der Waals surface area contributed by atoms with Gasteiger partial charge in [0.1, 0.15) is 0 Å². The molecule has 22 heteroatoms. The van der Waals surface area contributed by atoms with E-state index in [2.05, 4.69) is 52.2 Å². The first-order chi connectivity index (χ1) is 22.6. The fraction of sp³-hybridized carbons (Fsp3) is 1.00. The molecule has 3 aliphatic heterocycles. The molecule has 0 amide bonds. The minimum absolute atomic E-state index is 0.647. The van der Waals surface area contributed by atoms with Crippen molar-refractivity contribution < 1.29 is 17.3 Å². The lowest BCUT2D eigenvalue weighted by Gasteiger charge is -2.76. The van der Waals surface area contributed by atoms with Crippen LogP contribution in [-0.4, -0.2) is 138 Å². The lowest BCUT2D eigenvalue weighted by Crippen LogP contribution is -3.03. The van der Waals surface area contributed by atoms with Crippen molar-refractivity contribution in [2.45, 2.75) is 197 Å². The second-order valence-corrected chi connectivity index (χ2v) is 36.3. The highest BCUT2D eigenvalue weighted by atomic mass is 28.5. The van der Waals surface area contributed by atoms with Crippen LogP contribution < -0.4 is 4.89 Å². The molecule has 0 radical (unpaired) electrons. The molecule has 0 saturated carbocycles. The van der Waals surface area contributed by atoms with Gasteiger partial charge >= 0.3 is 43.3 Å². The van der Waals surface area contributed by atoms with Crippen LogP contribution in [0.1, 0.15) is 125 Å². The van der Waals surface area contributed by atoms with Gasteiger partial charge < -0.3 is 31.8 Å². The standard InChI is InChI=1S/C30H73B6F4N9Si3/c1-25(2,3)42-31(37)44(27(7,8)9)35(45(32(42)38)28(10,11)12)41-50(19,20)49-51(21,22)48(52(49,23)24)36-46(29(13,14)15)33(39)43(26(4,5)6)34(40)47(36)30(16,17)18/h41H,1-24H3. The average molecular weight is 785 g/mol. The summed E-state index contributed by atoms with van der Waals surface area (Å²) in [6.07, 6.45) is 0. The quantitative estimate of drug-likeness (QED) is 0.248. The molecule has 3 fully saturated rings. The van der Waals surface area contributed by atoms with E-state index in [-0.39, 0.29) is 0 Å². The van der Waals surface area contributed by atoms with E-state index in [1.54, 1.807) is 9.44 Å². The maximum Gasteiger partial charge on any atom is 0.504 e. The van der Waals surface area contributed by atoms with Crippen LogP contribution >= 0.6 is 0 Å². The van der Waals surface area contributed by atoms with Crippen molar-refractivity contribution in [3.8, 4) is 0 Å². The van der Waals surface area contributed by atoms with E-state index < -0.39 is 102 Å². The highest BCUT2D eigenvalue weighted by Gasteiger charge is 2.75.